The number of hydrogen-bond acceptors (Lipinski definition) is 1. The second-order valence-electron chi connectivity index (χ2n) is 12.5. The molecule has 0 amide bonds. The maximum atomic E-state index is 9.38. The Morgan fingerprint density at radius 2 is 0.917 bits per heavy atom. The first-order chi connectivity index (χ1) is 23.7. The number of aromatic nitrogens is 2. The molecule has 0 radical (unpaired) electrons. The lowest BCUT2D eigenvalue weighted by Crippen LogP contribution is -1.94. The molecule has 8 aromatic carbocycles. The Hall–Kier alpha value is -6.63. The standard InChI is InChI=1S/C45H27N3/c46-28-29-14-20-36-32(24-29)15-16-33-25-35(19-22-37(33)36)48-43-13-7-5-11-39(43)41-26-30(18-23-44(41)48)31-17-21-40-38-10-4-6-12-42(38)47(45(40)27-31)34-8-2-1-3-9-34/h1-27H. The van der Waals surface area contributed by atoms with Crippen molar-refractivity contribution in [2.45, 2.75) is 0 Å². The van der Waals surface area contributed by atoms with Crippen LogP contribution in [0, 0.1) is 11.3 Å². The summed E-state index contributed by atoms with van der Waals surface area (Å²) >= 11 is 0. The molecule has 0 atom stereocenters. The lowest BCUT2D eigenvalue weighted by molar-refractivity contribution is 1.18. The smallest absolute Gasteiger partial charge is 0.0991 e. The Morgan fingerprint density at radius 1 is 0.354 bits per heavy atom. The van der Waals surface area contributed by atoms with E-state index < -0.39 is 0 Å². The van der Waals surface area contributed by atoms with Crippen LogP contribution < -0.4 is 0 Å². The topological polar surface area (TPSA) is 33.6 Å². The fourth-order valence-electron chi connectivity index (χ4n) is 7.70. The highest BCUT2D eigenvalue weighted by atomic mass is 15.0. The summed E-state index contributed by atoms with van der Waals surface area (Å²) in [6.07, 6.45) is 0. The van der Waals surface area contributed by atoms with E-state index in [9.17, 15) is 5.26 Å². The largest absolute Gasteiger partial charge is 0.309 e. The highest BCUT2D eigenvalue weighted by Gasteiger charge is 2.16. The molecule has 0 fully saturated rings. The molecule has 3 heteroatoms. The van der Waals surface area contributed by atoms with E-state index in [1.807, 2.05) is 12.1 Å². The van der Waals surface area contributed by atoms with Gasteiger partial charge >= 0.3 is 0 Å². The van der Waals surface area contributed by atoms with Crippen LogP contribution in [0.3, 0.4) is 0 Å². The van der Waals surface area contributed by atoms with Gasteiger partial charge in [-0.05, 0) is 99.4 Å². The molecule has 2 heterocycles. The zero-order valence-electron chi connectivity index (χ0n) is 25.9. The lowest BCUT2D eigenvalue weighted by atomic mass is 10.00. The van der Waals surface area contributed by atoms with Crippen molar-refractivity contribution in [3.05, 3.63) is 169 Å². The first kappa shape index (κ1) is 26.6. The molecule has 0 aliphatic heterocycles. The Balaban J connectivity index is 1.16. The van der Waals surface area contributed by atoms with Crippen LogP contribution in [0.5, 0.6) is 0 Å². The van der Waals surface area contributed by atoms with Gasteiger partial charge in [-0.15, -0.1) is 0 Å². The number of rotatable bonds is 3. The summed E-state index contributed by atoms with van der Waals surface area (Å²) in [6.45, 7) is 0. The molecule has 2 aromatic heterocycles. The minimum atomic E-state index is 0.682. The van der Waals surface area contributed by atoms with Crippen molar-refractivity contribution in [1.82, 2.24) is 9.13 Å². The third kappa shape index (κ3) is 3.87. The molecule has 0 unspecified atom stereocenters. The van der Waals surface area contributed by atoms with Gasteiger partial charge in [0.2, 0.25) is 0 Å². The molecule has 0 saturated heterocycles. The molecule has 222 valence electrons. The van der Waals surface area contributed by atoms with Crippen molar-refractivity contribution >= 4 is 65.2 Å². The third-order valence-corrected chi connectivity index (χ3v) is 9.90. The number of nitriles is 1. The maximum Gasteiger partial charge on any atom is 0.0991 e. The summed E-state index contributed by atoms with van der Waals surface area (Å²) in [5.41, 5.74) is 10.1. The summed E-state index contributed by atoms with van der Waals surface area (Å²) in [5.74, 6) is 0. The van der Waals surface area contributed by atoms with E-state index in [4.69, 9.17) is 0 Å². The molecule has 0 saturated carbocycles. The van der Waals surface area contributed by atoms with Crippen LogP contribution in [-0.2, 0) is 0 Å². The van der Waals surface area contributed by atoms with Gasteiger partial charge in [0.05, 0.1) is 33.7 Å². The minimum Gasteiger partial charge on any atom is -0.309 e. The Bertz CT molecular complexity index is 2950. The molecular weight excluding hydrogens is 583 g/mol. The molecular formula is C45H27N3. The SMILES string of the molecule is N#Cc1ccc2c(ccc3cc(-n4c5ccccc5c5cc(-c6ccc7c8ccccc8n(-c8ccccc8)c7c6)ccc54)ccc32)c1. The van der Waals surface area contributed by atoms with Gasteiger partial charge in [-0.2, -0.15) is 5.26 Å². The first-order valence-electron chi connectivity index (χ1n) is 16.2. The van der Waals surface area contributed by atoms with Crippen LogP contribution in [-0.4, -0.2) is 9.13 Å². The predicted molar refractivity (Wildman–Crippen MR) is 200 cm³/mol. The maximum absolute atomic E-state index is 9.38. The van der Waals surface area contributed by atoms with E-state index in [1.165, 1.54) is 65.5 Å². The van der Waals surface area contributed by atoms with Gasteiger partial charge in [-0.1, -0.05) is 97.1 Å². The van der Waals surface area contributed by atoms with Crippen molar-refractivity contribution in [2.24, 2.45) is 0 Å². The Labute approximate surface area is 276 Å². The van der Waals surface area contributed by atoms with Gasteiger partial charge in [0.1, 0.15) is 0 Å². The van der Waals surface area contributed by atoms with Crippen molar-refractivity contribution in [3.63, 3.8) is 0 Å². The summed E-state index contributed by atoms with van der Waals surface area (Å²) in [4.78, 5) is 0. The Kier molecular flexibility index (Phi) is 5.64. The number of para-hydroxylation sites is 3. The highest BCUT2D eigenvalue weighted by Crippen LogP contribution is 2.39. The van der Waals surface area contributed by atoms with Gasteiger partial charge in [0.15, 0.2) is 0 Å². The van der Waals surface area contributed by atoms with Crippen LogP contribution in [0.1, 0.15) is 5.56 Å². The molecule has 0 bridgehead atoms. The third-order valence-electron chi connectivity index (χ3n) is 9.90. The second kappa shape index (κ2) is 10.2. The predicted octanol–water partition coefficient (Wildman–Crippen LogP) is 11.7. The van der Waals surface area contributed by atoms with Gasteiger partial charge in [-0.25, -0.2) is 0 Å². The average molecular weight is 610 g/mol. The molecule has 48 heavy (non-hydrogen) atoms. The fourth-order valence-corrected chi connectivity index (χ4v) is 7.70. The number of fused-ring (bicyclic) bond motifs is 9. The monoisotopic (exact) mass is 609 g/mol. The quantitative estimate of drug-likeness (QED) is 0.183. The van der Waals surface area contributed by atoms with Gasteiger partial charge in [0, 0.05) is 32.9 Å². The molecule has 0 N–H and O–H groups in total. The van der Waals surface area contributed by atoms with Gasteiger partial charge in [0.25, 0.3) is 0 Å². The van der Waals surface area contributed by atoms with Gasteiger partial charge in [-0.3, -0.25) is 0 Å². The highest BCUT2D eigenvalue weighted by molar-refractivity contribution is 6.13. The van der Waals surface area contributed by atoms with Crippen LogP contribution in [0.4, 0.5) is 0 Å². The summed E-state index contributed by atoms with van der Waals surface area (Å²) in [7, 11) is 0. The van der Waals surface area contributed by atoms with Crippen molar-refractivity contribution in [2.75, 3.05) is 0 Å². The van der Waals surface area contributed by atoms with Crippen LogP contribution in [0.15, 0.2) is 164 Å². The second-order valence-corrected chi connectivity index (χ2v) is 12.5. The minimum absolute atomic E-state index is 0.682. The zero-order valence-corrected chi connectivity index (χ0v) is 25.9. The fraction of sp³-hybridized carbons (Fsp3) is 0. The molecule has 0 spiro atoms. The van der Waals surface area contributed by atoms with Crippen LogP contribution in [0.25, 0.3) is 87.7 Å². The molecule has 10 aromatic rings. The van der Waals surface area contributed by atoms with Crippen molar-refractivity contribution < 1.29 is 0 Å². The number of benzene rings is 8. The summed E-state index contributed by atoms with van der Waals surface area (Å²) in [5, 5.41) is 19.0. The van der Waals surface area contributed by atoms with E-state index >= 15 is 0 Å². The first-order valence-corrected chi connectivity index (χ1v) is 16.2. The van der Waals surface area contributed by atoms with Crippen molar-refractivity contribution in [1.29, 1.82) is 5.26 Å². The van der Waals surface area contributed by atoms with E-state index in [0.717, 1.165) is 22.1 Å². The Morgan fingerprint density at radius 3 is 1.69 bits per heavy atom. The summed E-state index contributed by atoms with van der Waals surface area (Å²) in [6, 6.07) is 61.0. The van der Waals surface area contributed by atoms with Crippen LogP contribution in [0.2, 0.25) is 0 Å². The van der Waals surface area contributed by atoms with Crippen molar-refractivity contribution in [3.8, 4) is 28.6 Å². The average Bonchev–Trinajstić information content (AvgIpc) is 3.66. The van der Waals surface area contributed by atoms with Gasteiger partial charge < -0.3 is 9.13 Å². The van der Waals surface area contributed by atoms with Crippen LogP contribution >= 0.6 is 0 Å². The molecule has 10 rings (SSSR count). The molecule has 3 nitrogen and oxygen atoms in total. The molecule has 0 aliphatic rings. The lowest BCUT2D eigenvalue weighted by Gasteiger charge is -2.11. The normalized spacial score (nSPS) is 11.7. The number of hydrogen-bond donors (Lipinski definition) is 0. The number of nitrogens with zero attached hydrogens (tertiary/aromatic N) is 3. The zero-order chi connectivity index (χ0) is 31.8. The molecule has 0 aliphatic carbocycles. The van der Waals surface area contributed by atoms with E-state index in [-0.39, 0.29) is 0 Å². The van der Waals surface area contributed by atoms with E-state index in [0.29, 0.717) is 5.56 Å². The summed E-state index contributed by atoms with van der Waals surface area (Å²) < 4.78 is 4.76. The van der Waals surface area contributed by atoms with E-state index in [2.05, 4.69) is 167 Å². The van der Waals surface area contributed by atoms with E-state index in [1.54, 1.807) is 0 Å².